The number of anilines is 1. The maximum absolute atomic E-state index is 9.51. The molecule has 0 atom stereocenters. The number of benzene rings is 1. The van der Waals surface area contributed by atoms with E-state index in [0.717, 1.165) is 13.1 Å². The summed E-state index contributed by atoms with van der Waals surface area (Å²) in [5.41, 5.74) is 8.58. The molecule has 1 aliphatic heterocycles. The number of nitrogens with zero attached hydrogens (tertiary/aromatic N) is 1. The standard InChI is InChI=1S/C14H20N2O/c15-14(9-11(17)10-14)12-5-1-2-6-13(12)16-7-3-4-8-16/h1-2,5-6,11,17H,3-4,7-10,15H2. The largest absolute Gasteiger partial charge is 0.393 e. The van der Waals surface area contributed by atoms with Crippen molar-refractivity contribution in [2.24, 2.45) is 5.73 Å². The van der Waals surface area contributed by atoms with Crippen molar-refractivity contribution in [2.45, 2.75) is 37.3 Å². The lowest BCUT2D eigenvalue weighted by atomic mass is 9.70. The first kappa shape index (κ1) is 11.1. The van der Waals surface area contributed by atoms with E-state index < -0.39 is 0 Å². The van der Waals surface area contributed by atoms with Crippen LogP contribution in [-0.4, -0.2) is 24.3 Å². The molecule has 1 aliphatic carbocycles. The average Bonchev–Trinajstić information content (AvgIpc) is 2.80. The minimum Gasteiger partial charge on any atom is -0.393 e. The summed E-state index contributed by atoms with van der Waals surface area (Å²) in [7, 11) is 0. The Hall–Kier alpha value is -1.06. The van der Waals surface area contributed by atoms with E-state index in [-0.39, 0.29) is 11.6 Å². The molecule has 3 heteroatoms. The third kappa shape index (κ3) is 1.83. The second-order valence-electron chi connectivity index (χ2n) is 5.43. The summed E-state index contributed by atoms with van der Waals surface area (Å²) < 4.78 is 0. The van der Waals surface area contributed by atoms with Gasteiger partial charge in [-0.15, -0.1) is 0 Å². The zero-order chi connectivity index (χ0) is 11.9. The summed E-state index contributed by atoms with van der Waals surface area (Å²) in [6, 6.07) is 8.42. The van der Waals surface area contributed by atoms with Crippen molar-refractivity contribution in [2.75, 3.05) is 18.0 Å². The van der Waals surface area contributed by atoms with Gasteiger partial charge in [0.15, 0.2) is 0 Å². The predicted octanol–water partition coefficient (Wildman–Crippen LogP) is 1.60. The van der Waals surface area contributed by atoms with Crippen molar-refractivity contribution < 1.29 is 5.11 Å². The number of aliphatic hydroxyl groups excluding tert-OH is 1. The monoisotopic (exact) mass is 232 g/mol. The topological polar surface area (TPSA) is 49.5 Å². The molecule has 0 amide bonds. The number of para-hydroxylation sites is 1. The summed E-state index contributed by atoms with van der Waals surface area (Å²) in [5.74, 6) is 0. The summed E-state index contributed by atoms with van der Waals surface area (Å²) in [4.78, 5) is 2.43. The van der Waals surface area contributed by atoms with Crippen LogP contribution in [0.25, 0.3) is 0 Å². The van der Waals surface area contributed by atoms with Gasteiger partial charge in [0.05, 0.1) is 6.10 Å². The molecule has 1 saturated heterocycles. The van der Waals surface area contributed by atoms with E-state index >= 15 is 0 Å². The van der Waals surface area contributed by atoms with E-state index in [2.05, 4.69) is 23.1 Å². The Morgan fingerprint density at radius 3 is 2.47 bits per heavy atom. The summed E-state index contributed by atoms with van der Waals surface area (Å²) >= 11 is 0. The molecule has 1 aromatic carbocycles. The lowest BCUT2D eigenvalue weighted by Gasteiger charge is -2.44. The van der Waals surface area contributed by atoms with E-state index in [1.165, 1.54) is 24.1 Å². The molecule has 2 aliphatic rings. The summed E-state index contributed by atoms with van der Waals surface area (Å²) in [6.45, 7) is 2.27. The molecule has 1 saturated carbocycles. The van der Waals surface area contributed by atoms with Gasteiger partial charge in [0, 0.05) is 24.3 Å². The molecule has 0 aromatic heterocycles. The Bertz CT molecular complexity index is 406. The van der Waals surface area contributed by atoms with Gasteiger partial charge in [-0.25, -0.2) is 0 Å². The highest BCUT2D eigenvalue weighted by Gasteiger charge is 2.43. The maximum Gasteiger partial charge on any atom is 0.0582 e. The molecule has 0 spiro atoms. The number of hydrogen-bond donors (Lipinski definition) is 2. The summed E-state index contributed by atoms with van der Waals surface area (Å²) in [5, 5.41) is 9.51. The SMILES string of the molecule is NC1(c2ccccc2N2CCCC2)CC(O)C1. The fourth-order valence-electron chi connectivity index (χ4n) is 3.13. The van der Waals surface area contributed by atoms with Crippen molar-refractivity contribution >= 4 is 5.69 Å². The average molecular weight is 232 g/mol. The zero-order valence-electron chi connectivity index (χ0n) is 10.1. The van der Waals surface area contributed by atoms with Gasteiger partial charge in [-0.3, -0.25) is 0 Å². The van der Waals surface area contributed by atoms with Crippen molar-refractivity contribution in [3.63, 3.8) is 0 Å². The second-order valence-corrected chi connectivity index (χ2v) is 5.43. The van der Waals surface area contributed by atoms with Crippen LogP contribution in [0.1, 0.15) is 31.2 Å². The number of hydrogen-bond acceptors (Lipinski definition) is 3. The van der Waals surface area contributed by atoms with Crippen molar-refractivity contribution in [3.05, 3.63) is 29.8 Å². The first-order valence-corrected chi connectivity index (χ1v) is 6.50. The number of nitrogens with two attached hydrogens (primary N) is 1. The second kappa shape index (κ2) is 4.00. The first-order valence-electron chi connectivity index (χ1n) is 6.50. The van der Waals surface area contributed by atoms with E-state index in [9.17, 15) is 5.11 Å². The lowest BCUT2D eigenvalue weighted by Crippen LogP contribution is -2.52. The Labute approximate surface area is 102 Å². The highest BCUT2D eigenvalue weighted by Crippen LogP contribution is 2.43. The number of rotatable bonds is 2. The van der Waals surface area contributed by atoms with Gasteiger partial charge in [-0.05, 0) is 37.3 Å². The molecule has 3 nitrogen and oxygen atoms in total. The third-order valence-corrected chi connectivity index (χ3v) is 4.09. The first-order chi connectivity index (χ1) is 8.19. The van der Waals surface area contributed by atoms with Crippen LogP contribution in [0.5, 0.6) is 0 Å². The number of aliphatic hydroxyl groups is 1. The van der Waals surface area contributed by atoms with E-state index in [0.29, 0.717) is 12.8 Å². The minimum absolute atomic E-state index is 0.216. The lowest BCUT2D eigenvalue weighted by molar-refractivity contribution is 0.0212. The Kier molecular flexibility index (Phi) is 2.60. The minimum atomic E-state index is -0.307. The molecule has 3 rings (SSSR count). The van der Waals surface area contributed by atoms with Gasteiger partial charge in [0.1, 0.15) is 0 Å². The zero-order valence-corrected chi connectivity index (χ0v) is 10.1. The quantitative estimate of drug-likeness (QED) is 0.814. The van der Waals surface area contributed by atoms with Crippen molar-refractivity contribution in [1.29, 1.82) is 0 Å². The Morgan fingerprint density at radius 1 is 1.18 bits per heavy atom. The van der Waals surface area contributed by atoms with Crippen LogP contribution in [0.2, 0.25) is 0 Å². The molecule has 17 heavy (non-hydrogen) atoms. The van der Waals surface area contributed by atoms with Gasteiger partial charge < -0.3 is 15.7 Å². The summed E-state index contributed by atoms with van der Waals surface area (Å²) in [6.07, 6.45) is 3.71. The van der Waals surface area contributed by atoms with Crippen molar-refractivity contribution in [1.82, 2.24) is 0 Å². The van der Waals surface area contributed by atoms with Crippen LogP contribution < -0.4 is 10.6 Å². The third-order valence-electron chi connectivity index (χ3n) is 4.09. The smallest absolute Gasteiger partial charge is 0.0582 e. The van der Waals surface area contributed by atoms with Gasteiger partial charge >= 0.3 is 0 Å². The molecular weight excluding hydrogens is 212 g/mol. The maximum atomic E-state index is 9.51. The van der Waals surface area contributed by atoms with E-state index in [1.807, 2.05) is 6.07 Å². The van der Waals surface area contributed by atoms with E-state index in [4.69, 9.17) is 5.73 Å². The Morgan fingerprint density at radius 2 is 1.82 bits per heavy atom. The van der Waals surface area contributed by atoms with Gasteiger partial charge in [-0.2, -0.15) is 0 Å². The van der Waals surface area contributed by atoms with Gasteiger partial charge in [0.2, 0.25) is 0 Å². The highest BCUT2D eigenvalue weighted by atomic mass is 16.3. The van der Waals surface area contributed by atoms with E-state index in [1.54, 1.807) is 0 Å². The molecule has 1 aromatic rings. The molecule has 0 bridgehead atoms. The molecular formula is C14H20N2O. The molecule has 92 valence electrons. The molecule has 1 heterocycles. The van der Waals surface area contributed by atoms with Crippen LogP contribution in [0, 0.1) is 0 Å². The van der Waals surface area contributed by atoms with Crippen LogP contribution in [0.4, 0.5) is 5.69 Å². The van der Waals surface area contributed by atoms with Gasteiger partial charge in [-0.1, -0.05) is 18.2 Å². The van der Waals surface area contributed by atoms with Crippen LogP contribution >= 0.6 is 0 Å². The van der Waals surface area contributed by atoms with Crippen LogP contribution in [0.3, 0.4) is 0 Å². The molecule has 0 radical (unpaired) electrons. The fraction of sp³-hybridized carbons (Fsp3) is 0.571. The molecule has 3 N–H and O–H groups in total. The highest BCUT2D eigenvalue weighted by molar-refractivity contribution is 5.58. The fourth-order valence-corrected chi connectivity index (χ4v) is 3.13. The van der Waals surface area contributed by atoms with Crippen LogP contribution in [0.15, 0.2) is 24.3 Å². The van der Waals surface area contributed by atoms with Crippen molar-refractivity contribution in [3.8, 4) is 0 Å². The molecule has 0 unspecified atom stereocenters. The normalized spacial score (nSPS) is 32.6. The van der Waals surface area contributed by atoms with Gasteiger partial charge in [0.25, 0.3) is 0 Å². The predicted molar refractivity (Wildman–Crippen MR) is 69.0 cm³/mol. The molecule has 2 fully saturated rings. The Balaban J connectivity index is 1.93. The van der Waals surface area contributed by atoms with Crippen LogP contribution in [-0.2, 0) is 5.54 Å².